The first kappa shape index (κ1) is 11.3. The molecule has 0 unspecified atom stereocenters. The molecule has 0 N–H and O–H groups in total. The van der Waals surface area contributed by atoms with E-state index < -0.39 is 4.84 Å². The zero-order valence-electron chi connectivity index (χ0n) is 3.67. The molecule has 0 rings (SSSR count). The Morgan fingerprint density at radius 3 is 1.38 bits per heavy atom. The molecule has 0 bridgehead atoms. The summed E-state index contributed by atoms with van der Waals surface area (Å²) >= 11 is 12.7. The molecule has 0 aromatic carbocycles. The largest absolute Gasteiger partial charge is 0.401 e. The second-order valence-electron chi connectivity index (χ2n) is 0.583. The highest BCUT2D eigenvalue weighted by molar-refractivity contribution is 6.45. The van der Waals surface area contributed by atoms with Gasteiger partial charge in [-0.25, -0.2) is 0 Å². The van der Waals surface area contributed by atoms with Crippen molar-refractivity contribution in [3.8, 4) is 0 Å². The van der Waals surface area contributed by atoms with Gasteiger partial charge >= 0.3 is 4.84 Å². The third kappa shape index (κ3) is 876. The lowest BCUT2D eigenvalue weighted by Gasteiger charge is -1.87. The van der Waals surface area contributed by atoms with Crippen LogP contribution in [0.1, 0.15) is 0 Å². The number of rotatable bonds is 0. The molecule has 0 radical (unpaired) electrons. The van der Waals surface area contributed by atoms with E-state index >= 15 is 0 Å². The third-order valence-corrected chi connectivity index (χ3v) is 0. The molecule has 0 atom stereocenters. The zero-order chi connectivity index (χ0) is 7.21. The smallest absolute Gasteiger partial charge is 0.172 e. The molecule has 0 nitrogen and oxygen atoms in total. The normalized spacial score (nSPS) is 9.12. The fourth-order valence-electron chi connectivity index (χ4n) is 0. The van der Waals surface area contributed by atoms with E-state index in [4.69, 9.17) is 11.6 Å². The van der Waals surface area contributed by atoms with Crippen LogP contribution in [0.25, 0.3) is 0 Å². The fraction of sp³-hybridized carbons (Fsp3) is 0.333. The van der Waals surface area contributed by atoms with Gasteiger partial charge in [0.1, 0.15) is 0 Å². The third-order valence-electron chi connectivity index (χ3n) is 0. The lowest BCUT2D eigenvalue weighted by molar-refractivity contribution is 0.194. The van der Waals surface area contributed by atoms with Gasteiger partial charge in [0, 0.05) is 0 Å². The first-order valence-corrected chi connectivity index (χ1v) is 2.57. The summed E-state index contributed by atoms with van der Waals surface area (Å²) in [5.41, 5.74) is 1.22. The number of hydrogen-bond acceptors (Lipinski definition) is 0. The molecule has 0 aromatic heterocycles. The monoisotopic (exact) mass is 182 g/mol. The highest BCUT2D eigenvalue weighted by Crippen LogP contribution is 2.22. The van der Waals surface area contributed by atoms with Gasteiger partial charge in [-0.1, -0.05) is 18.2 Å². The second-order valence-corrected chi connectivity index (χ2v) is 2.03. The van der Waals surface area contributed by atoms with Crippen molar-refractivity contribution in [2.75, 3.05) is 0 Å². The molecule has 50 valence electrons. The maximum atomic E-state index is 10.6. The summed E-state index contributed by atoms with van der Waals surface area (Å²) in [5, 5.41) is 0. The number of halogens is 5. The maximum Gasteiger partial charge on any atom is 0.401 e. The topological polar surface area (TPSA) is 0 Å². The minimum atomic E-state index is -3.56. The van der Waals surface area contributed by atoms with E-state index in [0.29, 0.717) is 0 Å². The molecule has 0 aliphatic heterocycles. The maximum absolute atomic E-state index is 10.6. The van der Waals surface area contributed by atoms with Gasteiger partial charge in [0.15, 0.2) is 0 Å². The highest BCUT2D eigenvalue weighted by atomic mass is 35.5. The van der Waals surface area contributed by atoms with Crippen LogP contribution in [0.15, 0.2) is 12.1 Å². The Hall–Kier alpha value is 0.470. The molecule has 8 heavy (non-hydrogen) atoms. The molecule has 0 aliphatic rings. The van der Waals surface area contributed by atoms with Gasteiger partial charge < -0.3 is 0 Å². The van der Waals surface area contributed by atoms with E-state index in [1.54, 1.807) is 0 Å². The van der Waals surface area contributed by atoms with Crippen molar-refractivity contribution in [3.63, 3.8) is 0 Å². The predicted molar refractivity (Wildman–Crippen MR) is 32.7 cm³/mol. The van der Waals surface area contributed by atoms with E-state index in [0.717, 1.165) is 0 Å². The Kier molecular flexibility index (Phi) is 7.91. The van der Waals surface area contributed by atoms with Gasteiger partial charge in [-0.3, -0.25) is 0 Å². The lowest BCUT2D eigenvalue weighted by atomic mass is 11.3. The summed E-state index contributed by atoms with van der Waals surface area (Å²) in [7, 11) is 0. The van der Waals surface area contributed by atoms with E-state index in [2.05, 4.69) is 29.8 Å². The first-order valence-electron chi connectivity index (χ1n) is 1.38. The van der Waals surface area contributed by atoms with E-state index in [-0.39, 0.29) is 0 Å². The first-order chi connectivity index (χ1) is 3.41. The summed E-state index contributed by atoms with van der Waals surface area (Å²) in [6.45, 7) is 3.13. The Labute approximate surface area is 61.0 Å². The van der Waals surface area contributed by atoms with Crippen molar-refractivity contribution in [2.24, 2.45) is 0 Å². The molecule has 0 aliphatic carbocycles. The van der Waals surface area contributed by atoms with Crippen LogP contribution in [0.3, 0.4) is 0 Å². The quantitative estimate of drug-likeness (QED) is 0.505. The minimum absolute atomic E-state index is 1.22. The minimum Gasteiger partial charge on any atom is -0.172 e. The molecule has 0 fully saturated rings. The van der Waals surface area contributed by atoms with Gasteiger partial charge in [-0.05, 0) is 28.7 Å². The molecule has 0 aromatic rings. The van der Waals surface area contributed by atoms with Crippen molar-refractivity contribution in [3.05, 3.63) is 12.1 Å². The number of hydrogen-bond donors (Lipinski definition) is 0. The fourth-order valence-corrected chi connectivity index (χ4v) is 0. The van der Waals surface area contributed by atoms with Gasteiger partial charge in [-0.15, -0.1) is 0 Å². The molecule has 0 amide bonds. The Bertz CT molecular complexity index is 52.0. The lowest BCUT2D eigenvalue weighted by Crippen LogP contribution is -1.86. The van der Waals surface area contributed by atoms with Crippen LogP contribution in [0.5, 0.6) is 0 Å². The van der Waals surface area contributed by atoms with Crippen LogP contribution in [0.4, 0.5) is 8.78 Å². The van der Waals surface area contributed by atoms with Crippen molar-refractivity contribution >= 4 is 34.8 Å². The highest BCUT2D eigenvalue weighted by Gasteiger charge is 2.17. The van der Waals surface area contributed by atoms with Gasteiger partial charge in [0.2, 0.25) is 0 Å². The van der Waals surface area contributed by atoms with Crippen LogP contribution in [0.2, 0.25) is 0 Å². The van der Waals surface area contributed by atoms with Crippen LogP contribution >= 0.6 is 34.8 Å². The Morgan fingerprint density at radius 1 is 1.38 bits per heavy atom. The number of alkyl halides is 4. The summed E-state index contributed by atoms with van der Waals surface area (Å²) in [6.07, 6.45) is 0. The van der Waals surface area contributed by atoms with Crippen molar-refractivity contribution < 1.29 is 8.78 Å². The van der Waals surface area contributed by atoms with Crippen molar-refractivity contribution in [1.82, 2.24) is 0 Å². The molecule has 0 spiro atoms. The molecule has 5 heteroatoms. The van der Waals surface area contributed by atoms with E-state index in [1.807, 2.05) is 0 Å². The molecule has 0 saturated heterocycles. The average Bonchev–Trinajstić information content (AvgIpc) is 1.27. The summed E-state index contributed by atoms with van der Waals surface area (Å²) in [6, 6.07) is 0. The van der Waals surface area contributed by atoms with Crippen molar-refractivity contribution in [1.29, 1.82) is 0 Å². The van der Waals surface area contributed by atoms with Gasteiger partial charge in [-0.2, -0.15) is 8.78 Å². The van der Waals surface area contributed by atoms with Gasteiger partial charge in [0.25, 0.3) is 0 Å². The predicted octanol–water partition coefficient (Wildman–Crippen LogP) is 3.38. The van der Waals surface area contributed by atoms with Crippen LogP contribution in [-0.2, 0) is 0 Å². The molecule has 0 saturated carbocycles. The summed E-state index contributed by atoms with van der Waals surface area (Å²) < 4.78 is 21.1. The van der Waals surface area contributed by atoms with Crippen LogP contribution in [0, 0.1) is 0 Å². The summed E-state index contributed by atoms with van der Waals surface area (Å²) in [4.78, 5) is -3.56. The molecule has 0 heterocycles. The van der Waals surface area contributed by atoms with Crippen LogP contribution < -0.4 is 0 Å². The molecular weight excluding hydrogens is 180 g/mol. The SMILES string of the molecule is C=CCl.FC(F)(Cl)Cl. The van der Waals surface area contributed by atoms with E-state index in [1.165, 1.54) is 5.54 Å². The van der Waals surface area contributed by atoms with Crippen LogP contribution in [-0.4, -0.2) is 4.84 Å². The zero-order valence-corrected chi connectivity index (χ0v) is 5.94. The Balaban J connectivity index is 0. The average molecular weight is 183 g/mol. The second kappa shape index (κ2) is 5.60. The van der Waals surface area contributed by atoms with Crippen molar-refractivity contribution in [2.45, 2.75) is 4.84 Å². The summed E-state index contributed by atoms with van der Waals surface area (Å²) in [5.74, 6) is 0. The Morgan fingerprint density at radius 2 is 1.38 bits per heavy atom. The van der Waals surface area contributed by atoms with Gasteiger partial charge in [0.05, 0.1) is 0 Å². The molecular formula is C3H3Cl3F2. The standard InChI is InChI=1S/C2H3Cl.CCl2F2/c1-2-3;2-1(3,4)5/h2H,1H2;. The van der Waals surface area contributed by atoms with E-state index in [9.17, 15) is 8.78 Å².